The normalized spacial score (nSPS) is 23.4. The molecule has 2 heterocycles. The average Bonchev–Trinajstić information content (AvgIpc) is 3.23. The summed E-state index contributed by atoms with van der Waals surface area (Å²) in [5.41, 5.74) is 6.23. The molecule has 0 saturated carbocycles. The number of aromatic nitrogens is 2. The van der Waals surface area contributed by atoms with E-state index in [0.717, 1.165) is 29.7 Å². The van der Waals surface area contributed by atoms with Gasteiger partial charge >= 0.3 is 0 Å². The molecule has 1 N–H and O–H groups in total. The first kappa shape index (κ1) is 14.4. The Morgan fingerprint density at radius 1 is 1.16 bits per heavy atom. The van der Waals surface area contributed by atoms with E-state index in [1.165, 1.54) is 11.1 Å². The van der Waals surface area contributed by atoms with Crippen LogP contribution in [0.2, 0.25) is 0 Å². The van der Waals surface area contributed by atoms with Gasteiger partial charge in [-0.05, 0) is 41.7 Å². The Bertz CT molecular complexity index is 1010. The number of aliphatic hydroxyl groups is 1. The number of hydrogen-bond donors (Lipinski definition) is 1. The summed E-state index contributed by atoms with van der Waals surface area (Å²) in [5, 5.41) is 20.3. The molecule has 0 saturated heterocycles. The van der Waals surface area contributed by atoms with Crippen LogP contribution in [0.25, 0.3) is 11.3 Å². The Balaban J connectivity index is 1.62. The highest BCUT2D eigenvalue weighted by Gasteiger charge is 2.40. The molecule has 0 radical (unpaired) electrons. The lowest BCUT2D eigenvalue weighted by Crippen LogP contribution is -2.28. The molecule has 5 rings (SSSR count). The van der Waals surface area contributed by atoms with Crippen molar-refractivity contribution < 1.29 is 5.11 Å². The van der Waals surface area contributed by atoms with E-state index >= 15 is 0 Å². The van der Waals surface area contributed by atoms with Crippen molar-refractivity contribution in [3.05, 3.63) is 77.2 Å². The summed E-state index contributed by atoms with van der Waals surface area (Å²) in [5.74, 6) is 0.0676. The van der Waals surface area contributed by atoms with E-state index in [-0.39, 0.29) is 12.0 Å². The maximum absolute atomic E-state index is 11.1. The molecule has 0 bridgehead atoms. The lowest BCUT2D eigenvalue weighted by molar-refractivity contribution is 0.0720. The molecular weight excluding hydrogens is 310 g/mol. The topological polar surface area (TPSA) is 61.8 Å². The van der Waals surface area contributed by atoms with Crippen molar-refractivity contribution in [1.82, 2.24) is 9.55 Å². The number of aryl methyl sites for hydroxylation is 1. The second kappa shape index (κ2) is 5.30. The molecule has 2 aliphatic rings. The minimum absolute atomic E-state index is 0.0676. The molecule has 0 amide bonds. The van der Waals surface area contributed by atoms with Crippen LogP contribution in [0.4, 0.5) is 0 Å². The highest BCUT2D eigenvalue weighted by Crippen LogP contribution is 2.49. The second-order valence-electron chi connectivity index (χ2n) is 6.89. The van der Waals surface area contributed by atoms with Gasteiger partial charge in [0.1, 0.15) is 0 Å². The number of benzene rings is 2. The van der Waals surface area contributed by atoms with Crippen molar-refractivity contribution in [2.75, 3.05) is 0 Å². The van der Waals surface area contributed by atoms with Gasteiger partial charge in [0.25, 0.3) is 0 Å². The van der Waals surface area contributed by atoms with Crippen molar-refractivity contribution in [2.24, 2.45) is 5.92 Å². The summed E-state index contributed by atoms with van der Waals surface area (Å²) in [6, 6.07) is 16.3. The number of nitriles is 1. The molecule has 3 atom stereocenters. The summed E-state index contributed by atoms with van der Waals surface area (Å²) >= 11 is 0. The van der Waals surface area contributed by atoms with E-state index in [1.54, 1.807) is 0 Å². The Kier molecular flexibility index (Phi) is 3.06. The number of nitrogens with zero attached hydrogens (tertiary/aromatic N) is 3. The van der Waals surface area contributed by atoms with Crippen LogP contribution in [0.3, 0.4) is 0 Å². The molecule has 0 spiro atoms. The summed E-state index contributed by atoms with van der Waals surface area (Å²) in [6.07, 6.45) is 5.02. The summed E-state index contributed by atoms with van der Waals surface area (Å²) in [4.78, 5) is 4.32. The Labute approximate surface area is 146 Å². The third kappa shape index (κ3) is 2.00. The summed E-state index contributed by atoms with van der Waals surface area (Å²) < 4.78 is 2.19. The van der Waals surface area contributed by atoms with Crippen LogP contribution in [0.15, 0.2) is 55.0 Å². The lowest BCUT2D eigenvalue weighted by Gasteiger charge is -2.35. The minimum Gasteiger partial charge on any atom is -0.388 e. The quantitative estimate of drug-likeness (QED) is 0.742. The molecule has 122 valence electrons. The van der Waals surface area contributed by atoms with Crippen LogP contribution >= 0.6 is 0 Å². The molecule has 1 aromatic heterocycles. The van der Waals surface area contributed by atoms with Crippen LogP contribution in [-0.4, -0.2) is 14.7 Å². The first-order valence-corrected chi connectivity index (χ1v) is 8.60. The van der Waals surface area contributed by atoms with E-state index in [9.17, 15) is 10.4 Å². The van der Waals surface area contributed by atoms with Crippen LogP contribution in [0, 0.1) is 17.2 Å². The van der Waals surface area contributed by atoms with Crippen molar-refractivity contribution in [3.8, 4) is 17.3 Å². The smallest absolute Gasteiger partial charge is 0.0991 e. The summed E-state index contributed by atoms with van der Waals surface area (Å²) in [6.45, 7) is 0. The van der Waals surface area contributed by atoms with Crippen LogP contribution < -0.4 is 0 Å². The van der Waals surface area contributed by atoms with Gasteiger partial charge in [0, 0.05) is 11.5 Å². The highest BCUT2D eigenvalue weighted by molar-refractivity contribution is 5.69. The van der Waals surface area contributed by atoms with E-state index in [4.69, 9.17) is 0 Å². The van der Waals surface area contributed by atoms with Gasteiger partial charge in [0.05, 0.1) is 42.0 Å². The predicted molar refractivity (Wildman–Crippen MR) is 93.7 cm³/mol. The molecule has 4 nitrogen and oxygen atoms in total. The lowest BCUT2D eigenvalue weighted by atomic mass is 9.75. The largest absolute Gasteiger partial charge is 0.388 e. The first-order valence-electron chi connectivity index (χ1n) is 8.60. The van der Waals surface area contributed by atoms with Crippen molar-refractivity contribution >= 4 is 0 Å². The molecule has 1 aliphatic heterocycles. The zero-order valence-electron chi connectivity index (χ0n) is 13.6. The number of imidazole rings is 1. The Hall–Kier alpha value is -2.90. The molecule has 0 fully saturated rings. The molecule has 0 unspecified atom stereocenters. The zero-order valence-corrected chi connectivity index (χ0v) is 13.6. The van der Waals surface area contributed by atoms with E-state index in [2.05, 4.69) is 33.8 Å². The number of rotatable bonds is 1. The van der Waals surface area contributed by atoms with E-state index < -0.39 is 6.10 Å². The number of aliphatic hydroxyl groups excluding tert-OH is 1. The van der Waals surface area contributed by atoms with E-state index in [0.29, 0.717) is 5.56 Å². The summed E-state index contributed by atoms with van der Waals surface area (Å²) in [7, 11) is 0. The highest BCUT2D eigenvalue weighted by atomic mass is 16.3. The van der Waals surface area contributed by atoms with E-state index in [1.807, 2.05) is 36.8 Å². The van der Waals surface area contributed by atoms with Gasteiger partial charge in [-0.3, -0.25) is 0 Å². The SMILES string of the molecule is N#Cc1ccc2c(c1)[C@@H](O)[C@@H]([C@H]1c3ccccc3-c3cncn31)CC2. The van der Waals surface area contributed by atoms with Crippen molar-refractivity contribution in [3.63, 3.8) is 0 Å². The maximum Gasteiger partial charge on any atom is 0.0991 e. The van der Waals surface area contributed by atoms with Crippen molar-refractivity contribution in [2.45, 2.75) is 25.0 Å². The molecule has 3 aromatic rings. The van der Waals surface area contributed by atoms with Crippen LogP contribution in [0.5, 0.6) is 0 Å². The third-order valence-corrected chi connectivity index (χ3v) is 5.67. The molecular formula is C21H17N3O. The maximum atomic E-state index is 11.1. The standard InChI is InChI=1S/C21H17N3O/c22-10-13-5-6-14-7-8-17(21(25)18(14)9-13)20-16-4-2-1-3-15(16)19-11-23-12-24(19)20/h1-6,9,11-12,17,20-21,25H,7-8H2/t17-,20-,21+/m1/s1. The van der Waals surface area contributed by atoms with Gasteiger partial charge in [0.2, 0.25) is 0 Å². The molecule has 25 heavy (non-hydrogen) atoms. The average molecular weight is 327 g/mol. The second-order valence-corrected chi connectivity index (χ2v) is 6.89. The number of hydrogen-bond acceptors (Lipinski definition) is 3. The fraction of sp³-hybridized carbons (Fsp3) is 0.238. The van der Waals surface area contributed by atoms with Crippen LogP contribution in [0.1, 0.15) is 40.8 Å². The third-order valence-electron chi connectivity index (χ3n) is 5.67. The fourth-order valence-corrected chi connectivity index (χ4v) is 4.52. The van der Waals surface area contributed by atoms with Gasteiger partial charge in [-0.15, -0.1) is 0 Å². The molecule has 1 aliphatic carbocycles. The zero-order chi connectivity index (χ0) is 17.0. The van der Waals surface area contributed by atoms with Gasteiger partial charge in [0.15, 0.2) is 0 Å². The van der Waals surface area contributed by atoms with Gasteiger partial charge in [-0.2, -0.15) is 5.26 Å². The minimum atomic E-state index is -0.580. The van der Waals surface area contributed by atoms with Gasteiger partial charge < -0.3 is 9.67 Å². The fourth-order valence-electron chi connectivity index (χ4n) is 4.52. The molecule has 4 heteroatoms. The van der Waals surface area contributed by atoms with Crippen molar-refractivity contribution in [1.29, 1.82) is 5.26 Å². The number of fused-ring (bicyclic) bond motifs is 4. The first-order chi connectivity index (χ1) is 12.3. The van der Waals surface area contributed by atoms with Gasteiger partial charge in [-0.25, -0.2) is 4.98 Å². The molecule has 2 aromatic carbocycles. The Morgan fingerprint density at radius 2 is 2.04 bits per heavy atom. The predicted octanol–water partition coefficient (Wildman–Crippen LogP) is 3.62. The monoisotopic (exact) mass is 327 g/mol. The Morgan fingerprint density at radius 3 is 2.92 bits per heavy atom. The van der Waals surface area contributed by atoms with Gasteiger partial charge in [-0.1, -0.05) is 30.3 Å². The van der Waals surface area contributed by atoms with Crippen LogP contribution in [-0.2, 0) is 6.42 Å².